The highest BCUT2D eigenvalue weighted by Gasteiger charge is 2.13. The van der Waals surface area contributed by atoms with Crippen LogP contribution < -0.4 is 10.9 Å². The normalized spacial score (nSPS) is 10.4. The van der Waals surface area contributed by atoms with Gasteiger partial charge in [0.25, 0.3) is 11.5 Å². The number of carbonyl (C=O) groups is 1. The fraction of sp³-hybridized carbons (Fsp3) is 0.100. The van der Waals surface area contributed by atoms with Gasteiger partial charge in [-0.2, -0.15) is 0 Å². The number of fused-ring (bicyclic) bond motifs is 1. The predicted octanol–water partition coefficient (Wildman–Crippen LogP) is 1.24. The number of nitrogens with one attached hydrogen (secondary N) is 1. The van der Waals surface area contributed by atoms with Gasteiger partial charge in [-0.25, -0.2) is 4.98 Å². The summed E-state index contributed by atoms with van der Waals surface area (Å²) in [5.74, 6) is -0.509. The Morgan fingerprint density at radius 1 is 1.65 bits per heavy atom. The van der Waals surface area contributed by atoms with Crippen LogP contribution in [0.4, 0.5) is 0 Å². The van der Waals surface area contributed by atoms with Crippen LogP contribution in [0.2, 0.25) is 0 Å². The molecule has 2 aromatic heterocycles. The molecule has 7 heteroatoms. The molecular formula is C10H8ClN3O2S. The zero-order chi connectivity index (χ0) is 12.4. The first-order chi connectivity index (χ1) is 8.09. The third kappa shape index (κ3) is 2.37. The van der Waals surface area contributed by atoms with E-state index in [1.54, 1.807) is 11.6 Å². The summed E-state index contributed by atoms with van der Waals surface area (Å²) in [5, 5.41) is 4.50. The Morgan fingerprint density at radius 3 is 3.12 bits per heavy atom. The molecule has 17 heavy (non-hydrogen) atoms. The fourth-order valence-electron chi connectivity index (χ4n) is 1.25. The summed E-state index contributed by atoms with van der Waals surface area (Å²) in [7, 11) is 0. The number of hydrogen-bond donors (Lipinski definition) is 1. The Hall–Kier alpha value is -1.66. The minimum Gasteiger partial charge on any atom is -0.347 e. The molecule has 0 aliphatic heterocycles. The molecule has 0 saturated carbocycles. The van der Waals surface area contributed by atoms with Gasteiger partial charge in [0, 0.05) is 22.8 Å². The lowest BCUT2D eigenvalue weighted by atomic mass is 10.3. The molecular weight excluding hydrogens is 262 g/mol. The second-order valence-corrected chi connectivity index (χ2v) is 4.64. The first-order valence-electron chi connectivity index (χ1n) is 4.66. The van der Waals surface area contributed by atoms with Gasteiger partial charge in [-0.1, -0.05) is 18.2 Å². The van der Waals surface area contributed by atoms with E-state index in [-0.39, 0.29) is 12.1 Å². The van der Waals surface area contributed by atoms with Crippen molar-refractivity contribution in [2.45, 2.75) is 0 Å². The Balaban J connectivity index is 2.35. The van der Waals surface area contributed by atoms with Gasteiger partial charge < -0.3 is 5.32 Å². The lowest BCUT2D eigenvalue weighted by molar-refractivity contribution is 0.0955. The molecule has 0 saturated heterocycles. The number of aromatic nitrogens is 2. The Labute approximate surface area is 105 Å². The standard InChI is InChI=1S/C10H8ClN3O2S/c1-6(11)4-12-8(15)7-5-13-10-14(9(7)16)2-3-17-10/h2-3,5H,1,4H2,(H,12,15). The molecule has 0 radical (unpaired) electrons. The van der Waals surface area contributed by atoms with Crippen LogP contribution >= 0.6 is 22.9 Å². The van der Waals surface area contributed by atoms with E-state index in [2.05, 4.69) is 16.9 Å². The topological polar surface area (TPSA) is 63.5 Å². The van der Waals surface area contributed by atoms with Crippen LogP contribution in [0.25, 0.3) is 4.96 Å². The molecule has 0 fully saturated rings. The average molecular weight is 270 g/mol. The van der Waals surface area contributed by atoms with Crippen molar-refractivity contribution in [1.29, 1.82) is 0 Å². The Kier molecular flexibility index (Phi) is 3.26. The maximum absolute atomic E-state index is 11.9. The second kappa shape index (κ2) is 4.68. The summed E-state index contributed by atoms with van der Waals surface area (Å²) in [4.78, 5) is 28.1. The number of thiazole rings is 1. The van der Waals surface area contributed by atoms with Crippen molar-refractivity contribution < 1.29 is 4.79 Å². The quantitative estimate of drug-likeness (QED) is 0.912. The lowest BCUT2D eigenvalue weighted by Gasteiger charge is -2.02. The molecule has 88 valence electrons. The molecule has 0 spiro atoms. The van der Waals surface area contributed by atoms with Gasteiger partial charge in [0.1, 0.15) is 5.56 Å². The van der Waals surface area contributed by atoms with Gasteiger partial charge >= 0.3 is 0 Å². The highest BCUT2D eigenvalue weighted by atomic mass is 35.5. The Bertz CT molecular complexity index is 646. The van der Waals surface area contributed by atoms with Crippen molar-refractivity contribution in [3.05, 3.63) is 45.3 Å². The third-order valence-corrected chi connectivity index (χ3v) is 2.93. The number of halogens is 1. The van der Waals surface area contributed by atoms with E-state index in [0.29, 0.717) is 9.99 Å². The van der Waals surface area contributed by atoms with E-state index >= 15 is 0 Å². The number of nitrogens with zero attached hydrogens (tertiary/aromatic N) is 2. The van der Waals surface area contributed by atoms with Crippen LogP contribution in [0.3, 0.4) is 0 Å². The summed E-state index contributed by atoms with van der Waals surface area (Å²) in [6, 6.07) is 0. The minimum atomic E-state index is -0.509. The SMILES string of the molecule is C=C(Cl)CNC(=O)c1cnc2sccn2c1=O. The number of carbonyl (C=O) groups excluding carboxylic acids is 1. The van der Waals surface area contributed by atoms with Crippen LogP contribution in [0.1, 0.15) is 10.4 Å². The first kappa shape index (κ1) is 11.8. The molecule has 2 aromatic rings. The van der Waals surface area contributed by atoms with Gasteiger partial charge in [-0.3, -0.25) is 14.0 Å². The lowest BCUT2D eigenvalue weighted by Crippen LogP contribution is -2.31. The largest absolute Gasteiger partial charge is 0.347 e. The molecule has 0 unspecified atom stereocenters. The highest BCUT2D eigenvalue weighted by Crippen LogP contribution is 2.05. The van der Waals surface area contributed by atoms with Gasteiger partial charge in [0.05, 0.1) is 6.54 Å². The van der Waals surface area contributed by atoms with Crippen LogP contribution in [-0.4, -0.2) is 21.8 Å². The van der Waals surface area contributed by atoms with Crippen molar-refractivity contribution in [1.82, 2.24) is 14.7 Å². The van der Waals surface area contributed by atoms with Crippen molar-refractivity contribution in [3.8, 4) is 0 Å². The van der Waals surface area contributed by atoms with Crippen molar-refractivity contribution in [2.75, 3.05) is 6.54 Å². The van der Waals surface area contributed by atoms with Crippen LogP contribution in [0.5, 0.6) is 0 Å². The third-order valence-electron chi connectivity index (χ3n) is 2.03. The molecule has 1 amide bonds. The van der Waals surface area contributed by atoms with Crippen molar-refractivity contribution in [2.24, 2.45) is 0 Å². The second-order valence-electron chi connectivity index (χ2n) is 3.23. The predicted molar refractivity (Wildman–Crippen MR) is 66.7 cm³/mol. The summed E-state index contributed by atoms with van der Waals surface area (Å²) < 4.78 is 1.33. The van der Waals surface area contributed by atoms with Gasteiger partial charge in [-0.05, 0) is 0 Å². The van der Waals surface area contributed by atoms with E-state index in [1.165, 1.54) is 21.9 Å². The first-order valence-corrected chi connectivity index (χ1v) is 5.91. The molecule has 0 bridgehead atoms. The zero-order valence-electron chi connectivity index (χ0n) is 8.64. The van der Waals surface area contributed by atoms with Crippen molar-refractivity contribution >= 4 is 33.8 Å². The van der Waals surface area contributed by atoms with Crippen LogP contribution in [0, 0.1) is 0 Å². The molecule has 5 nitrogen and oxygen atoms in total. The smallest absolute Gasteiger partial charge is 0.271 e. The number of hydrogen-bond acceptors (Lipinski definition) is 4. The summed E-state index contributed by atoms with van der Waals surface area (Å²) in [5.41, 5.74) is -0.409. The highest BCUT2D eigenvalue weighted by molar-refractivity contribution is 7.15. The molecule has 1 N–H and O–H groups in total. The summed E-state index contributed by atoms with van der Waals surface area (Å²) >= 11 is 6.85. The van der Waals surface area contributed by atoms with Gasteiger partial charge in [0.2, 0.25) is 0 Å². The molecule has 0 atom stereocenters. The summed E-state index contributed by atoms with van der Waals surface area (Å²) in [6.45, 7) is 3.56. The van der Waals surface area contributed by atoms with Crippen molar-refractivity contribution in [3.63, 3.8) is 0 Å². The fourth-order valence-corrected chi connectivity index (χ4v) is 1.99. The van der Waals surface area contributed by atoms with Gasteiger partial charge in [-0.15, -0.1) is 11.3 Å². The maximum atomic E-state index is 11.9. The Morgan fingerprint density at radius 2 is 2.41 bits per heavy atom. The zero-order valence-corrected chi connectivity index (χ0v) is 10.2. The summed E-state index contributed by atoms with van der Waals surface area (Å²) in [6.07, 6.45) is 2.84. The monoisotopic (exact) mass is 269 g/mol. The average Bonchev–Trinajstić information content (AvgIpc) is 2.75. The van der Waals surface area contributed by atoms with Crippen LogP contribution in [0.15, 0.2) is 34.2 Å². The molecule has 2 rings (SSSR count). The molecule has 0 aromatic carbocycles. The van der Waals surface area contributed by atoms with E-state index in [0.717, 1.165) is 0 Å². The molecule has 0 aliphatic carbocycles. The molecule has 0 aliphatic rings. The minimum absolute atomic E-state index is 0.0150. The van der Waals surface area contributed by atoms with E-state index in [1.807, 2.05) is 0 Å². The van der Waals surface area contributed by atoms with E-state index in [9.17, 15) is 9.59 Å². The number of rotatable bonds is 3. The van der Waals surface area contributed by atoms with Gasteiger partial charge in [0.15, 0.2) is 4.96 Å². The molecule has 2 heterocycles. The van der Waals surface area contributed by atoms with E-state index in [4.69, 9.17) is 11.6 Å². The van der Waals surface area contributed by atoms with Crippen LogP contribution in [-0.2, 0) is 0 Å². The maximum Gasteiger partial charge on any atom is 0.271 e. The van der Waals surface area contributed by atoms with E-state index < -0.39 is 11.5 Å². The number of amides is 1.